The van der Waals surface area contributed by atoms with Crippen molar-refractivity contribution >= 4 is 23.5 Å². The van der Waals surface area contributed by atoms with E-state index in [0.717, 1.165) is 60.1 Å². The molecule has 0 aliphatic carbocycles. The number of rotatable bonds is 2. The van der Waals surface area contributed by atoms with E-state index < -0.39 is 0 Å². The Morgan fingerprint density at radius 3 is 3.08 bits per heavy atom. The normalized spacial score (nSPS) is 20.5. The fraction of sp³-hybridized carbons (Fsp3) is 0.333. The van der Waals surface area contributed by atoms with Crippen molar-refractivity contribution in [3.05, 3.63) is 63.7 Å². The molecule has 0 amide bonds. The van der Waals surface area contributed by atoms with E-state index in [1.807, 2.05) is 12.1 Å². The molecule has 0 bridgehead atoms. The SMILES string of the molecule is [C-]#[N+]/C(C#N)=C1C=C(/C=C/c2cc3c4c(c2)OCCN4CCC3)CSC/1. The van der Waals surface area contributed by atoms with Crippen LogP contribution < -0.4 is 9.64 Å². The molecule has 0 saturated heterocycles. The van der Waals surface area contributed by atoms with Crippen LogP contribution in [0.15, 0.2) is 41.1 Å². The zero-order valence-electron chi connectivity index (χ0n) is 14.5. The number of thioether (sulfide) groups is 1. The summed E-state index contributed by atoms with van der Waals surface area (Å²) in [5, 5.41) is 9.07. The minimum Gasteiger partial charge on any atom is -0.490 e. The Morgan fingerprint density at radius 1 is 1.31 bits per heavy atom. The molecule has 0 N–H and O–H groups in total. The average molecular weight is 361 g/mol. The lowest BCUT2D eigenvalue weighted by Gasteiger charge is -2.36. The molecule has 0 radical (unpaired) electrons. The van der Waals surface area contributed by atoms with Crippen molar-refractivity contribution < 1.29 is 4.74 Å². The van der Waals surface area contributed by atoms with Gasteiger partial charge in [0.05, 0.1) is 24.9 Å². The van der Waals surface area contributed by atoms with Crippen LogP contribution in [0.25, 0.3) is 10.9 Å². The summed E-state index contributed by atoms with van der Waals surface area (Å²) in [6, 6.07) is 6.39. The second-order valence-electron chi connectivity index (χ2n) is 6.61. The second kappa shape index (κ2) is 7.32. The molecular weight excluding hydrogens is 342 g/mol. The summed E-state index contributed by atoms with van der Waals surface area (Å²) in [6.45, 7) is 9.99. The Hall–Kier alpha value is -2.63. The van der Waals surface area contributed by atoms with Crippen molar-refractivity contribution in [2.75, 3.05) is 36.1 Å². The summed E-state index contributed by atoms with van der Waals surface area (Å²) in [7, 11) is 0. The maximum Gasteiger partial charge on any atom is 0.265 e. The molecule has 0 atom stereocenters. The molecule has 130 valence electrons. The van der Waals surface area contributed by atoms with Gasteiger partial charge in [-0.3, -0.25) is 0 Å². The number of aryl methyl sites for hydroxylation is 1. The number of benzene rings is 1. The van der Waals surface area contributed by atoms with Crippen molar-refractivity contribution in [3.63, 3.8) is 0 Å². The fourth-order valence-electron chi connectivity index (χ4n) is 3.70. The predicted molar refractivity (Wildman–Crippen MR) is 106 cm³/mol. The van der Waals surface area contributed by atoms with E-state index >= 15 is 0 Å². The van der Waals surface area contributed by atoms with Crippen molar-refractivity contribution in [3.8, 4) is 11.8 Å². The molecule has 0 saturated carbocycles. The van der Waals surface area contributed by atoms with Gasteiger partial charge < -0.3 is 9.64 Å². The molecule has 3 heterocycles. The lowest BCUT2D eigenvalue weighted by atomic mass is 9.97. The molecule has 1 aromatic carbocycles. The van der Waals surface area contributed by atoms with Crippen LogP contribution in [0, 0.1) is 17.9 Å². The number of hydrogen-bond acceptors (Lipinski definition) is 4. The van der Waals surface area contributed by atoms with Crippen molar-refractivity contribution in [2.24, 2.45) is 0 Å². The van der Waals surface area contributed by atoms with Gasteiger partial charge in [-0.15, -0.1) is 0 Å². The zero-order chi connectivity index (χ0) is 17.9. The molecule has 26 heavy (non-hydrogen) atoms. The standard InChI is InChI=1S/C21H19N3OS/c1-23-19(12-22)18-10-16(13-26-14-18)5-4-15-9-17-3-2-6-24-7-8-25-20(11-15)21(17)24/h4-5,9-11H,2-3,6-8,13-14H2/b5-4+,19-18-. The molecule has 0 spiro atoms. The van der Waals surface area contributed by atoms with Crippen LogP contribution in [0.3, 0.4) is 0 Å². The van der Waals surface area contributed by atoms with E-state index in [2.05, 4.69) is 34.0 Å². The first-order valence-corrected chi connectivity index (χ1v) is 9.96. The first kappa shape index (κ1) is 16.8. The topological polar surface area (TPSA) is 40.6 Å². The van der Waals surface area contributed by atoms with Crippen molar-refractivity contribution in [2.45, 2.75) is 12.8 Å². The van der Waals surface area contributed by atoms with Crippen LogP contribution in [-0.4, -0.2) is 31.2 Å². The van der Waals surface area contributed by atoms with E-state index in [-0.39, 0.29) is 5.70 Å². The average Bonchev–Trinajstić information content (AvgIpc) is 2.68. The van der Waals surface area contributed by atoms with Gasteiger partial charge in [0, 0.05) is 18.1 Å². The van der Waals surface area contributed by atoms with Gasteiger partial charge in [0.15, 0.2) is 0 Å². The van der Waals surface area contributed by atoms with Gasteiger partial charge in [-0.1, -0.05) is 18.2 Å². The summed E-state index contributed by atoms with van der Waals surface area (Å²) < 4.78 is 5.91. The molecule has 4 rings (SSSR count). The molecule has 3 aliphatic heterocycles. The van der Waals surface area contributed by atoms with Crippen LogP contribution in [-0.2, 0) is 6.42 Å². The van der Waals surface area contributed by atoms with E-state index in [4.69, 9.17) is 16.6 Å². The summed E-state index contributed by atoms with van der Waals surface area (Å²) in [5.41, 5.74) is 5.98. The highest BCUT2D eigenvalue weighted by Crippen LogP contribution is 2.40. The molecular formula is C21H19N3OS. The molecule has 3 aliphatic rings. The maximum atomic E-state index is 9.07. The van der Waals surface area contributed by atoms with Gasteiger partial charge in [-0.25, -0.2) is 10.1 Å². The Balaban J connectivity index is 1.63. The predicted octanol–water partition coefficient (Wildman–Crippen LogP) is 4.21. The highest BCUT2D eigenvalue weighted by Gasteiger charge is 2.25. The Labute approximate surface area is 158 Å². The third-order valence-corrected chi connectivity index (χ3v) is 5.94. The van der Waals surface area contributed by atoms with Crippen LogP contribution in [0.1, 0.15) is 17.5 Å². The molecule has 1 aromatic rings. The van der Waals surface area contributed by atoms with Gasteiger partial charge in [0.25, 0.3) is 5.70 Å². The first-order valence-electron chi connectivity index (χ1n) is 8.80. The van der Waals surface area contributed by atoms with E-state index in [1.165, 1.54) is 17.7 Å². The minimum absolute atomic E-state index is 0.204. The van der Waals surface area contributed by atoms with Gasteiger partial charge in [-0.05, 0) is 47.2 Å². The smallest absolute Gasteiger partial charge is 0.265 e. The summed E-state index contributed by atoms with van der Waals surface area (Å²) >= 11 is 1.74. The first-order chi connectivity index (χ1) is 12.8. The quantitative estimate of drug-likeness (QED) is 0.584. The largest absolute Gasteiger partial charge is 0.490 e. The van der Waals surface area contributed by atoms with E-state index in [9.17, 15) is 0 Å². The number of allylic oxidation sites excluding steroid dienone is 3. The van der Waals surface area contributed by atoms with Crippen LogP contribution in [0.5, 0.6) is 5.75 Å². The van der Waals surface area contributed by atoms with Crippen LogP contribution in [0.4, 0.5) is 5.69 Å². The molecule has 0 fully saturated rings. The number of nitrogens with zero attached hydrogens (tertiary/aromatic N) is 3. The second-order valence-corrected chi connectivity index (χ2v) is 7.59. The third-order valence-electron chi connectivity index (χ3n) is 4.88. The minimum atomic E-state index is 0.204. The van der Waals surface area contributed by atoms with Gasteiger partial charge in [0.2, 0.25) is 0 Å². The van der Waals surface area contributed by atoms with Crippen molar-refractivity contribution in [1.82, 2.24) is 0 Å². The van der Waals surface area contributed by atoms with Gasteiger partial charge >= 0.3 is 0 Å². The van der Waals surface area contributed by atoms with E-state index in [1.54, 1.807) is 11.8 Å². The van der Waals surface area contributed by atoms with Crippen molar-refractivity contribution in [1.29, 1.82) is 5.26 Å². The van der Waals surface area contributed by atoms with E-state index in [0.29, 0.717) is 0 Å². The molecule has 0 aromatic heterocycles. The molecule has 4 nitrogen and oxygen atoms in total. The number of anilines is 1. The monoisotopic (exact) mass is 361 g/mol. The molecule has 5 heteroatoms. The fourth-order valence-corrected chi connectivity index (χ4v) is 4.65. The number of nitriles is 1. The lowest BCUT2D eigenvalue weighted by Crippen LogP contribution is -2.36. The number of ether oxygens (including phenoxy) is 1. The highest BCUT2D eigenvalue weighted by molar-refractivity contribution is 7.99. The van der Waals surface area contributed by atoms with Crippen LogP contribution in [0.2, 0.25) is 0 Å². The maximum absolute atomic E-state index is 9.07. The molecule has 0 unspecified atom stereocenters. The Kier molecular flexibility index (Phi) is 4.73. The van der Waals surface area contributed by atoms with Crippen LogP contribution >= 0.6 is 11.8 Å². The number of hydrogen-bond donors (Lipinski definition) is 0. The van der Waals surface area contributed by atoms with Gasteiger partial charge in [0.1, 0.15) is 12.4 Å². The summed E-state index contributed by atoms with van der Waals surface area (Å²) in [6.07, 6.45) is 8.51. The Bertz CT molecular complexity index is 867. The Morgan fingerprint density at radius 2 is 2.23 bits per heavy atom. The highest BCUT2D eigenvalue weighted by atomic mass is 32.2. The lowest BCUT2D eigenvalue weighted by molar-refractivity contribution is 0.304. The summed E-state index contributed by atoms with van der Waals surface area (Å²) in [5.74, 6) is 2.63. The zero-order valence-corrected chi connectivity index (χ0v) is 15.3. The van der Waals surface area contributed by atoms with Gasteiger partial charge in [-0.2, -0.15) is 11.8 Å². The third kappa shape index (κ3) is 3.23. The summed E-state index contributed by atoms with van der Waals surface area (Å²) in [4.78, 5) is 5.77.